The molecule has 0 unspecified atom stereocenters. The minimum absolute atomic E-state index is 0.117. The first-order valence-electron chi connectivity index (χ1n) is 13.3. The molecule has 0 fully saturated rings. The summed E-state index contributed by atoms with van der Waals surface area (Å²) in [7, 11) is 0. The van der Waals surface area contributed by atoms with Crippen LogP contribution < -0.4 is 0 Å². The van der Waals surface area contributed by atoms with Crippen LogP contribution in [0.2, 0.25) is 0 Å². The monoisotopic (exact) mass is 436 g/mol. The molecule has 0 heteroatoms. The summed E-state index contributed by atoms with van der Waals surface area (Å²) in [5.74, 6) is 0. The van der Waals surface area contributed by atoms with E-state index in [1.54, 1.807) is 0 Å². The van der Waals surface area contributed by atoms with E-state index in [-0.39, 0.29) is 5.41 Å². The Bertz CT molecular complexity index is 777. The van der Waals surface area contributed by atoms with Gasteiger partial charge in [0, 0.05) is 5.41 Å². The zero-order valence-electron chi connectivity index (χ0n) is 23.1. The number of rotatable bonds is 5. The smallest absolute Gasteiger partial charge is 0.00110 e. The lowest BCUT2D eigenvalue weighted by molar-refractivity contribution is 0.626. The van der Waals surface area contributed by atoms with Gasteiger partial charge in [-0.15, -0.1) is 0 Å². The quantitative estimate of drug-likeness (QED) is 0.402. The Morgan fingerprint density at radius 2 is 1.41 bits per heavy atom. The average Bonchev–Trinajstić information content (AvgIpc) is 2.96. The van der Waals surface area contributed by atoms with Crippen LogP contribution in [0.25, 0.3) is 5.57 Å². The summed E-state index contributed by atoms with van der Waals surface area (Å²) < 4.78 is 0. The van der Waals surface area contributed by atoms with E-state index in [4.69, 9.17) is 0 Å². The highest BCUT2D eigenvalue weighted by Crippen LogP contribution is 2.41. The highest BCUT2D eigenvalue weighted by atomic mass is 14.3. The molecule has 2 aliphatic carbocycles. The number of allylic oxidation sites excluding steroid dienone is 7. The largest absolute Gasteiger partial charge is 0.0905 e. The summed E-state index contributed by atoms with van der Waals surface area (Å²) in [6.07, 6.45) is 18.3. The van der Waals surface area contributed by atoms with Crippen LogP contribution in [0.1, 0.15) is 117 Å². The van der Waals surface area contributed by atoms with Crippen molar-refractivity contribution in [1.29, 1.82) is 0 Å². The van der Waals surface area contributed by atoms with Crippen molar-refractivity contribution in [3.05, 3.63) is 76.4 Å². The van der Waals surface area contributed by atoms with Crippen molar-refractivity contribution in [1.82, 2.24) is 0 Å². The van der Waals surface area contributed by atoms with Gasteiger partial charge in [-0.1, -0.05) is 137 Å². The lowest BCUT2D eigenvalue weighted by Crippen LogP contribution is -2.10. The van der Waals surface area contributed by atoms with Crippen molar-refractivity contribution < 1.29 is 0 Å². The third kappa shape index (κ3) is 8.61. The van der Waals surface area contributed by atoms with E-state index in [0.29, 0.717) is 0 Å². The van der Waals surface area contributed by atoms with Gasteiger partial charge in [-0.05, 0) is 58.7 Å². The molecule has 3 rings (SSSR count). The fourth-order valence-corrected chi connectivity index (χ4v) is 4.02. The van der Waals surface area contributed by atoms with Crippen LogP contribution in [0.3, 0.4) is 0 Å². The van der Waals surface area contributed by atoms with E-state index in [1.807, 2.05) is 27.7 Å². The van der Waals surface area contributed by atoms with E-state index in [9.17, 15) is 0 Å². The Balaban J connectivity index is 0.000000743. The maximum Gasteiger partial charge on any atom is 0.00110 e. The van der Waals surface area contributed by atoms with E-state index >= 15 is 0 Å². The normalized spacial score (nSPS) is 15.1. The van der Waals surface area contributed by atoms with Crippen LogP contribution >= 0.6 is 0 Å². The minimum atomic E-state index is 0.117. The fraction of sp³-hybridized carbons (Fsp3) is 0.562. The fourth-order valence-electron chi connectivity index (χ4n) is 4.02. The number of unbranched alkanes of at least 4 members (excludes halogenated alkanes) is 4. The maximum absolute atomic E-state index is 4.44. The molecule has 2 aliphatic rings. The molecule has 0 aliphatic heterocycles. The van der Waals surface area contributed by atoms with Crippen LogP contribution in [0, 0.1) is 12.3 Å². The molecule has 0 aromatic heterocycles. The van der Waals surface area contributed by atoms with Crippen molar-refractivity contribution in [3.63, 3.8) is 0 Å². The molecular weight excluding hydrogens is 384 g/mol. The summed E-state index contributed by atoms with van der Waals surface area (Å²) in [6.45, 7) is 25.9. The highest BCUT2D eigenvalue weighted by Gasteiger charge is 2.24. The Hall–Kier alpha value is -1.82. The van der Waals surface area contributed by atoms with Crippen LogP contribution in [0.4, 0.5) is 0 Å². The Morgan fingerprint density at radius 3 is 1.94 bits per heavy atom. The second-order valence-corrected chi connectivity index (χ2v) is 8.89. The van der Waals surface area contributed by atoms with E-state index in [0.717, 1.165) is 12.8 Å². The van der Waals surface area contributed by atoms with Gasteiger partial charge in [0.2, 0.25) is 0 Å². The van der Waals surface area contributed by atoms with Gasteiger partial charge in [0.25, 0.3) is 0 Å². The summed E-state index contributed by atoms with van der Waals surface area (Å²) in [5, 5.41) is 0. The van der Waals surface area contributed by atoms with Crippen LogP contribution in [0.5, 0.6) is 0 Å². The molecule has 1 aromatic carbocycles. The van der Waals surface area contributed by atoms with Crippen molar-refractivity contribution in [2.45, 2.75) is 114 Å². The standard InChI is InChI=1S/C21H24.C7H16.2C2H6/c1-6-16-8-7-14(2)19-13-17-9-11-21(4,5)12-10-18(17)15(3)20(16)19;1-3-5-7-6-4-2;2*1-2/h7-12H,3,6,13H2,1-2,4-5H3;3-7H2,1-2H3;2*1-2H3. The molecule has 0 amide bonds. The first-order valence-corrected chi connectivity index (χ1v) is 13.3. The van der Waals surface area contributed by atoms with Gasteiger partial charge >= 0.3 is 0 Å². The number of hydrogen-bond donors (Lipinski definition) is 0. The Morgan fingerprint density at radius 1 is 0.844 bits per heavy atom. The van der Waals surface area contributed by atoms with Gasteiger partial charge < -0.3 is 0 Å². The predicted octanol–water partition coefficient (Wildman–Crippen LogP) is 10.6. The van der Waals surface area contributed by atoms with E-state index < -0.39 is 0 Å². The summed E-state index contributed by atoms with van der Waals surface area (Å²) >= 11 is 0. The third-order valence-corrected chi connectivity index (χ3v) is 5.96. The van der Waals surface area contributed by atoms with Crippen molar-refractivity contribution in [3.8, 4) is 0 Å². The van der Waals surface area contributed by atoms with E-state index in [1.165, 1.54) is 71.1 Å². The van der Waals surface area contributed by atoms with Gasteiger partial charge in [-0.25, -0.2) is 0 Å². The van der Waals surface area contributed by atoms with E-state index in [2.05, 4.69) is 84.6 Å². The number of benzene rings is 1. The molecule has 0 spiro atoms. The van der Waals surface area contributed by atoms with Crippen LogP contribution in [-0.2, 0) is 12.8 Å². The summed E-state index contributed by atoms with van der Waals surface area (Å²) in [4.78, 5) is 0. The molecule has 1 aromatic rings. The number of fused-ring (bicyclic) bond motifs is 1. The van der Waals surface area contributed by atoms with Gasteiger partial charge in [-0.2, -0.15) is 0 Å². The topological polar surface area (TPSA) is 0 Å². The molecule has 0 N–H and O–H groups in total. The third-order valence-electron chi connectivity index (χ3n) is 5.96. The molecule has 0 nitrogen and oxygen atoms in total. The second kappa shape index (κ2) is 15.9. The molecule has 0 saturated carbocycles. The number of hydrogen-bond acceptors (Lipinski definition) is 0. The lowest BCUT2D eigenvalue weighted by Gasteiger charge is -2.26. The van der Waals surface area contributed by atoms with Crippen molar-refractivity contribution in [2.75, 3.05) is 0 Å². The van der Waals surface area contributed by atoms with Gasteiger partial charge in [0.05, 0.1) is 0 Å². The average molecular weight is 437 g/mol. The Kier molecular flexibility index (Phi) is 15.0. The summed E-state index contributed by atoms with van der Waals surface area (Å²) in [5.41, 5.74) is 9.72. The first-order chi connectivity index (χ1) is 15.3. The lowest BCUT2D eigenvalue weighted by atomic mass is 9.78. The van der Waals surface area contributed by atoms with Crippen molar-refractivity contribution in [2.24, 2.45) is 5.41 Å². The van der Waals surface area contributed by atoms with Crippen LogP contribution in [0.15, 0.2) is 54.2 Å². The maximum atomic E-state index is 4.44. The molecule has 0 radical (unpaired) electrons. The zero-order chi connectivity index (χ0) is 24.7. The Labute approximate surface area is 201 Å². The summed E-state index contributed by atoms with van der Waals surface area (Å²) in [6, 6.07) is 4.53. The van der Waals surface area contributed by atoms with Gasteiger partial charge in [0.1, 0.15) is 0 Å². The highest BCUT2D eigenvalue weighted by molar-refractivity contribution is 5.88. The van der Waals surface area contributed by atoms with Crippen LogP contribution in [-0.4, -0.2) is 0 Å². The minimum Gasteiger partial charge on any atom is -0.0905 e. The predicted molar refractivity (Wildman–Crippen MR) is 150 cm³/mol. The zero-order valence-corrected chi connectivity index (χ0v) is 23.1. The molecular formula is C32H52. The van der Waals surface area contributed by atoms with Gasteiger partial charge in [0.15, 0.2) is 0 Å². The number of aryl methyl sites for hydroxylation is 2. The first kappa shape index (κ1) is 30.2. The second-order valence-electron chi connectivity index (χ2n) is 8.89. The molecule has 0 saturated heterocycles. The van der Waals surface area contributed by atoms with Crippen molar-refractivity contribution >= 4 is 5.57 Å². The molecule has 0 atom stereocenters. The molecule has 0 heterocycles. The molecule has 32 heavy (non-hydrogen) atoms. The molecule has 0 bridgehead atoms. The SMILES string of the molecule is C=C1C2=C(C=CC(C)(C)C=C2)Cc2c(C)ccc(CC)c21.CC.CC.CCCCCCC. The van der Waals surface area contributed by atoms with Gasteiger partial charge in [-0.3, -0.25) is 0 Å². The molecule has 180 valence electrons.